The van der Waals surface area contributed by atoms with Crippen LogP contribution < -0.4 is 11.1 Å². The van der Waals surface area contributed by atoms with Gasteiger partial charge in [-0.15, -0.1) is 0 Å². The second-order valence-corrected chi connectivity index (χ2v) is 5.64. The molecule has 0 radical (unpaired) electrons. The van der Waals surface area contributed by atoms with Gasteiger partial charge in [0.1, 0.15) is 0 Å². The molecule has 20 heavy (non-hydrogen) atoms. The van der Waals surface area contributed by atoms with Gasteiger partial charge >= 0.3 is 0 Å². The fraction of sp³-hybridized carbons (Fsp3) is 0.471. The molecule has 1 aliphatic rings. The van der Waals surface area contributed by atoms with Gasteiger partial charge in [-0.25, -0.2) is 0 Å². The van der Waals surface area contributed by atoms with Crippen molar-refractivity contribution < 1.29 is 4.79 Å². The predicted octanol–water partition coefficient (Wildman–Crippen LogP) is 2.22. The van der Waals surface area contributed by atoms with Crippen LogP contribution in [0.1, 0.15) is 47.7 Å². The van der Waals surface area contributed by atoms with E-state index in [1.807, 2.05) is 25.1 Å². The normalized spacial score (nSPS) is 21.1. The summed E-state index contributed by atoms with van der Waals surface area (Å²) in [5.41, 5.74) is 7.92. The Morgan fingerprint density at radius 2 is 2.25 bits per heavy atom. The van der Waals surface area contributed by atoms with Crippen molar-refractivity contribution in [1.29, 1.82) is 0 Å². The third-order valence-electron chi connectivity index (χ3n) is 3.77. The van der Waals surface area contributed by atoms with Crippen molar-refractivity contribution in [3.05, 3.63) is 34.9 Å². The molecule has 2 rings (SSSR count). The first-order chi connectivity index (χ1) is 9.60. The Balaban J connectivity index is 2.16. The number of benzene rings is 1. The first kappa shape index (κ1) is 14.6. The molecule has 0 aliphatic heterocycles. The van der Waals surface area contributed by atoms with E-state index in [1.54, 1.807) is 0 Å². The molecule has 3 N–H and O–H groups in total. The zero-order valence-electron chi connectivity index (χ0n) is 12.2. The summed E-state index contributed by atoms with van der Waals surface area (Å²) < 4.78 is 0. The minimum atomic E-state index is -0.0228. The van der Waals surface area contributed by atoms with Crippen LogP contribution in [0.25, 0.3) is 0 Å². The van der Waals surface area contributed by atoms with Crippen LogP contribution >= 0.6 is 0 Å². The summed E-state index contributed by atoms with van der Waals surface area (Å²) in [4.78, 5) is 12.4. The summed E-state index contributed by atoms with van der Waals surface area (Å²) in [6.07, 6.45) is 3.34. The van der Waals surface area contributed by atoms with Gasteiger partial charge in [0.2, 0.25) is 0 Å². The summed E-state index contributed by atoms with van der Waals surface area (Å²) >= 11 is 0. The lowest BCUT2D eigenvalue weighted by atomic mass is 10.0. The van der Waals surface area contributed by atoms with E-state index < -0.39 is 0 Å². The third kappa shape index (κ3) is 3.61. The van der Waals surface area contributed by atoms with Crippen molar-refractivity contribution >= 4 is 5.91 Å². The number of carbonyl (C=O) groups is 1. The van der Waals surface area contributed by atoms with Crippen molar-refractivity contribution in [3.63, 3.8) is 0 Å². The molecule has 1 amide bonds. The zero-order valence-corrected chi connectivity index (χ0v) is 12.2. The fourth-order valence-electron chi connectivity index (χ4n) is 2.71. The van der Waals surface area contributed by atoms with Gasteiger partial charge in [0, 0.05) is 11.6 Å². The van der Waals surface area contributed by atoms with Gasteiger partial charge in [-0.1, -0.05) is 24.8 Å². The summed E-state index contributed by atoms with van der Waals surface area (Å²) in [5, 5.41) is 3.12. The quantitative estimate of drug-likeness (QED) is 0.810. The van der Waals surface area contributed by atoms with Crippen LogP contribution in [0.4, 0.5) is 0 Å². The zero-order chi connectivity index (χ0) is 14.5. The molecule has 1 fully saturated rings. The molecule has 0 spiro atoms. The van der Waals surface area contributed by atoms with E-state index in [-0.39, 0.29) is 5.91 Å². The van der Waals surface area contributed by atoms with Crippen LogP contribution in [0.5, 0.6) is 0 Å². The highest BCUT2D eigenvalue weighted by Gasteiger charge is 2.23. The molecule has 2 atom stereocenters. The molecular formula is C17H22N2O. The molecule has 2 unspecified atom stereocenters. The summed E-state index contributed by atoms with van der Waals surface area (Å²) in [6, 6.07) is 6.03. The summed E-state index contributed by atoms with van der Waals surface area (Å²) in [6.45, 7) is 4.53. The van der Waals surface area contributed by atoms with Gasteiger partial charge in [-0.05, 0) is 49.8 Å². The van der Waals surface area contributed by atoms with Crippen molar-refractivity contribution in [2.24, 2.45) is 11.7 Å². The van der Waals surface area contributed by atoms with E-state index in [4.69, 9.17) is 5.73 Å². The molecule has 106 valence electrons. The number of nitrogens with one attached hydrogen (secondary N) is 1. The lowest BCUT2D eigenvalue weighted by molar-refractivity contribution is 0.0937. The number of aryl methyl sites for hydroxylation is 1. The number of rotatable bonds is 2. The average Bonchev–Trinajstić information content (AvgIpc) is 2.81. The number of carbonyl (C=O) groups excluding carboxylic acids is 1. The average molecular weight is 270 g/mol. The van der Waals surface area contributed by atoms with E-state index in [1.165, 1.54) is 6.42 Å². The Kier molecular flexibility index (Phi) is 4.81. The smallest absolute Gasteiger partial charge is 0.252 e. The molecule has 0 heterocycles. The van der Waals surface area contributed by atoms with Crippen LogP contribution in [-0.4, -0.2) is 18.5 Å². The van der Waals surface area contributed by atoms with Crippen molar-refractivity contribution in [2.45, 2.75) is 39.2 Å². The van der Waals surface area contributed by atoms with Gasteiger partial charge in [0.25, 0.3) is 5.91 Å². The fourth-order valence-corrected chi connectivity index (χ4v) is 2.71. The van der Waals surface area contributed by atoms with Gasteiger partial charge in [0.15, 0.2) is 0 Å². The number of amides is 1. The maximum Gasteiger partial charge on any atom is 0.252 e. The number of hydrogen-bond donors (Lipinski definition) is 2. The van der Waals surface area contributed by atoms with E-state index in [9.17, 15) is 4.79 Å². The first-order valence-corrected chi connectivity index (χ1v) is 7.20. The lowest BCUT2D eigenvalue weighted by Gasteiger charge is -2.13. The Bertz CT molecular complexity index is 554. The molecule has 1 saturated carbocycles. The van der Waals surface area contributed by atoms with Crippen molar-refractivity contribution in [3.8, 4) is 11.8 Å². The summed E-state index contributed by atoms with van der Waals surface area (Å²) in [7, 11) is 0. The van der Waals surface area contributed by atoms with Gasteiger partial charge in [0.05, 0.1) is 12.1 Å². The molecule has 1 aromatic carbocycles. The molecular weight excluding hydrogens is 248 g/mol. The molecule has 1 aliphatic carbocycles. The van der Waals surface area contributed by atoms with E-state index >= 15 is 0 Å². The minimum absolute atomic E-state index is 0.0228. The van der Waals surface area contributed by atoms with Crippen molar-refractivity contribution in [2.75, 3.05) is 6.54 Å². The van der Waals surface area contributed by atoms with Crippen LogP contribution in [0.15, 0.2) is 18.2 Å². The van der Waals surface area contributed by atoms with E-state index in [0.29, 0.717) is 24.1 Å². The molecule has 3 nitrogen and oxygen atoms in total. The van der Waals surface area contributed by atoms with Gasteiger partial charge < -0.3 is 11.1 Å². The standard InChI is InChI=1S/C17H22N2O/c1-12-6-8-16(14(10-12)4-3-9-18)17(20)19-15-7-5-13(2)11-15/h6,8,10,13,15H,5,7,9,11,18H2,1-2H3,(H,19,20). The highest BCUT2D eigenvalue weighted by atomic mass is 16.1. The Morgan fingerprint density at radius 3 is 2.90 bits per heavy atom. The topological polar surface area (TPSA) is 55.1 Å². The SMILES string of the molecule is Cc1ccc(C(=O)NC2CCC(C)C2)c(C#CCN)c1. The highest BCUT2D eigenvalue weighted by molar-refractivity contribution is 5.97. The Labute approximate surface area is 120 Å². The van der Waals surface area contributed by atoms with E-state index in [0.717, 1.165) is 24.0 Å². The van der Waals surface area contributed by atoms with Crippen LogP contribution in [-0.2, 0) is 0 Å². The lowest BCUT2D eigenvalue weighted by Crippen LogP contribution is -2.33. The first-order valence-electron chi connectivity index (χ1n) is 7.20. The maximum absolute atomic E-state index is 12.4. The predicted molar refractivity (Wildman–Crippen MR) is 81.4 cm³/mol. The number of hydrogen-bond acceptors (Lipinski definition) is 2. The van der Waals surface area contributed by atoms with Crippen LogP contribution in [0.3, 0.4) is 0 Å². The molecule has 0 bridgehead atoms. The third-order valence-corrected chi connectivity index (χ3v) is 3.77. The van der Waals surface area contributed by atoms with Crippen LogP contribution in [0, 0.1) is 24.7 Å². The van der Waals surface area contributed by atoms with E-state index in [2.05, 4.69) is 24.1 Å². The van der Waals surface area contributed by atoms with Gasteiger partial charge in [-0.2, -0.15) is 0 Å². The Hall–Kier alpha value is -1.79. The summed E-state index contributed by atoms with van der Waals surface area (Å²) in [5.74, 6) is 6.50. The second-order valence-electron chi connectivity index (χ2n) is 5.64. The minimum Gasteiger partial charge on any atom is -0.349 e. The maximum atomic E-state index is 12.4. The largest absolute Gasteiger partial charge is 0.349 e. The van der Waals surface area contributed by atoms with Crippen molar-refractivity contribution in [1.82, 2.24) is 5.32 Å². The van der Waals surface area contributed by atoms with Gasteiger partial charge in [-0.3, -0.25) is 4.79 Å². The highest BCUT2D eigenvalue weighted by Crippen LogP contribution is 2.25. The molecule has 3 heteroatoms. The molecule has 0 saturated heterocycles. The Morgan fingerprint density at radius 1 is 1.45 bits per heavy atom. The molecule has 0 aromatic heterocycles. The second kappa shape index (κ2) is 6.58. The van der Waals surface area contributed by atoms with Crippen LogP contribution in [0.2, 0.25) is 0 Å². The monoisotopic (exact) mass is 270 g/mol. The molecule has 1 aromatic rings. The number of nitrogens with two attached hydrogens (primary N) is 1.